The van der Waals surface area contributed by atoms with Crippen LogP contribution in [0.3, 0.4) is 0 Å². The van der Waals surface area contributed by atoms with Crippen molar-refractivity contribution in [3.63, 3.8) is 0 Å². The van der Waals surface area contributed by atoms with E-state index in [-0.39, 0.29) is 18.4 Å². The van der Waals surface area contributed by atoms with E-state index in [0.717, 1.165) is 47.0 Å². The molecule has 0 saturated carbocycles. The summed E-state index contributed by atoms with van der Waals surface area (Å²) in [6.45, 7) is 7.28. The van der Waals surface area contributed by atoms with Gasteiger partial charge in [0, 0.05) is 35.9 Å². The average molecular weight is 521 g/mol. The van der Waals surface area contributed by atoms with E-state index < -0.39 is 6.10 Å². The Kier molecular flexibility index (Phi) is 6.47. The lowest BCUT2D eigenvalue weighted by Gasteiger charge is -2.58. The number of fused-ring (bicyclic) bond motifs is 6. The molecule has 3 aliphatic rings. The van der Waals surface area contributed by atoms with E-state index in [1.54, 1.807) is 0 Å². The topological polar surface area (TPSA) is 33.1 Å². The molecule has 3 nitrogen and oxygen atoms in total. The average Bonchev–Trinajstić information content (AvgIpc) is 2.96. The van der Waals surface area contributed by atoms with E-state index in [9.17, 15) is 5.11 Å². The molecule has 8 rings (SSSR count). The molecule has 4 heteroatoms. The third kappa shape index (κ3) is 3.92. The van der Waals surface area contributed by atoms with Gasteiger partial charge in [-0.25, -0.2) is 0 Å². The molecule has 0 radical (unpaired) electrons. The van der Waals surface area contributed by atoms with Crippen molar-refractivity contribution < 1.29 is 22.0 Å². The molecule has 4 heterocycles. The number of rotatable bonds is 5. The van der Waals surface area contributed by atoms with Gasteiger partial charge in [-0.1, -0.05) is 72.8 Å². The number of aliphatic hydroxyl groups excluding tert-OH is 1. The lowest BCUT2D eigenvalue weighted by atomic mass is 9.71. The molecule has 2 bridgehead atoms. The van der Waals surface area contributed by atoms with Gasteiger partial charge in [0.05, 0.1) is 18.6 Å². The van der Waals surface area contributed by atoms with Crippen LogP contribution in [-0.4, -0.2) is 33.7 Å². The van der Waals surface area contributed by atoms with Gasteiger partial charge in [0.2, 0.25) is 0 Å². The molecule has 1 aromatic heterocycles. The maximum atomic E-state index is 12.1. The van der Waals surface area contributed by atoms with Crippen molar-refractivity contribution in [2.75, 3.05) is 13.1 Å². The number of pyridine rings is 1. The zero-order valence-corrected chi connectivity index (χ0v) is 22.3. The van der Waals surface area contributed by atoms with Crippen molar-refractivity contribution in [1.29, 1.82) is 0 Å². The number of nitrogens with zero attached hydrogens (tertiary/aromatic N) is 2. The van der Waals surface area contributed by atoms with Crippen LogP contribution < -0.4 is 12.4 Å². The fraction of sp³-hybridized carbons (Fsp3) is 0.265. The van der Waals surface area contributed by atoms with Crippen LogP contribution in [0.15, 0.2) is 104 Å². The molecule has 192 valence electrons. The smallest absolute Gasteiger partial charge is 0.131 e. The Morgan fingerprint density at radius 1 is 0.921 bits per heavy atom. The molecule has 3 aliphatic heterocycles. The first-order valence-electron chi connectivity index (χ1n) is 13.6. The SMILES string of the molecule is C=C[C@H]1C[N+]2(Cc3c4ccccc4cc4ccccc34)CC[C@H]1CC2[C@@H](O)c1ccnc2ccccc12.[Cl-]. The highest BCUT2D eigenvalue weighted by Crippen LogP contribution is 2.49. The van der Waals surface area contributed by atoms with Crippen molar-refractivity contribution in [3.05, 3.63) is 115 Å². The quantitative estimate of drug-likeness (QED) is 0.214. The van der Waals surface area contributed by atoms with E-state index in [0.29, 0.717) is 11.8 Å². The maximum Gasteiger partial charge on any atom is 0.131 e. The summed E-state index contributed by atoms with van der Waals surface area (Å²) in [6.07, 6.45) is 5.72. The van der Waals surface area contributed by atoms with Crippen LogP contribution in [-0.2, 0) is 6.54 Å². The number of quaternary nitrogens is 1. The van der Waals surface area contributed by atoms with Crippen molar-refractivity contribution >= 4 is 32.4 Å². The first-order chi connectivity index (χ1) is 18.2. The Hall–Kier alpha value is -3.24. The van der Waals surface area contributed by atoms with Gasteiger partial charge in [-0.05, 0) is 51.2 Å². The van der Waals surface area contributed by atoms with E-state index in [4.69, 9.17) is 0 Å². The van der Waals surface area contributed by atoms with Crippen LogP contribution in [0, 0.1) is 11.8 Å². The number of hydrogen-bond donors (Lipinski definition) is 1. The van der Waals surface area contributed by atoms with E-state index in [1.807, 2.05) is 30.5 Å². The third-order valence-corrected chi connectivity index (χ3v) is 9.40. The monoisotopic (exact) mass is 520 g/mol. The van der Waals surface area contributed by atoms with Crippen molar-refractivity contribution in [2.45, 2.75) is 31.5 Å². The zero-order valence-electron chi connectivity index (χ0n) is 21.5. The highest BCUT2D eigenvalue weighted by atomic mass is 35.5. The normalized spacial score (nSPS) is 25.3. The minimum atomic E-state index is -0.539. The number of hydrogen-bond acceptors (Lipinski definition) is 2. The summed E-state index contributed by atoms with van der Waals surface area (Å²) >= 11 is 0. The lowest BCUT2D eigenvalue weighted by molar-refractivity contribution is -0.984. The molecule has 0 aliphatic carbocycles. The summed E-state index contributed by atoms with van der Waals surface area (Å²) in [5.74, 6) is 1.09. The van der Waals surface area contributed by atoms with Gasteiger partial charge >= 0.3 is 0 Å². The third-order valence-electron chi connectivity index (χ3n) is 9.40. The molecule has 1 N–H and O–H groups in total. The summed E-state index contributed by atoms with van der Waals surface area (Å²) in [7, 11) is 0. The van der Waals surface area contributed by atoms with Crippen molar-refractivity contribution in [3.8, 4) is 0 Å². The largest absolute Gasteiger partial charge is 1.00 e. The molecule has 38 heavy (non-hydrogen) atoms. The van der Waals surface area contributed by atoms with Crippen LogP contribution >= 0.6 is 0 Å². The van der Waals surface area contributed by atoms with Crippen LogP contribution in [0.4, 0.5) is 0 Å². The summed E-state index contributed by atoms with van der Waals surface area (Å²) < 4.78 is 0.906. The lowest BCUT2D eigenvalue weighted by Crippen LogP contribution is -3.00. The maximum absolute atomic E-state index is 12.1. The van der Waals surface area contributed by atoms with Crippen LogP contribution in [0.1, 0.15) is 30.1 Å². The Labute approximate surface area is 230 Å². The molecule has 2 unspecified atom stereocenters. The second-order valence-corrected chi connectivity index (χ2v) is 11.2. The van der Waals surface area contributed by atoms with E-state index >= 15 is 0 Å². The molecule has 4 aromatic carbocycles. The van der Waals surface area contributed by atoms with Gasteiger partial charge in [-0.3, -0.25) is 4.98 Å². The first kappa shape index (κ1) is 25.1. The number of para-hydroxylation sites is 1. The number of halogens is 1. The highest BCUT2D eigenvalue weighted by molar-refractivity contribution is 6.02. The predicted octanol–water partition coefficient (Wildman–Crippen LogP) is 4.19. The van der Waals surface area contributed by atoms with Gasteiger partial charge in [-0.2, -0.15) is 0 Å². The standard InChI is InChI=1S/C34H33N2O.ClH/c1-2-23-21-36(22-31-27-11-5-3-9-25(27)19-26-10-4-6-12-28(26)31)18-16-24(23)20-33(36)34(37)30-15-17-35-32-14-8-7-13-29(30)32;/h2-15,17,19,23-24,33-34,37H,1,16,18,20-22H2;1H/q+1;/p-1/t23-,24-,33?,34-,36?;/m0./s1. The predicted molar refractivity (Wildman–Crippen MR) is 152 cm³/mol. The zero-order chi connectivity index (χ0) is 25.0. The minimum Gasteiger partial charge on any atom is -1.00 e. The van der Waals surface area contributed by atoms with Crippen molar-refractivity contribution in [2.24, 2.45) is 11.8 Å². The van der Waals surface area contributed by atoms with Gasteiger partial charge in [0.25, 0.3) is 0 Å². The molecular formula is C34H33ClN2O. The molecule has 0 amide bonds. The summed E-state index contributed by atoms with van der Waals surface area (Å²) in [6, 6.07) is 30.3. The molecule has 3 saturated heterocycles. The van der Waals surface area contributed by atoms with Gasteiger partial charge in [0.15, 0.2) is 0 Å². The number of benzene rings is 4. The fourth-order valence-electron chi connectivity index (χ4n) is 7.56. The van der Waals surface area contributed by atoms with Gasteiger partial charge in [-0.15, -0.1) is 6.58 Å². The summed E-state index contributed by atoms with van der Waals surface area (Å²) in [5.41, 5.74) is 3.37. The number of aromatic nitrogens is 1. The van der Waals surface area contributed by atoms with Crippen LogP contribution in [0.25, 0.3) is 32.4 Å². The van der Waals surface area contributed by atoms with E-state index in [2.05, 4.69) is 78.3 Å². The Morgan fingerprint density at radius 3 is 2.29 bits per heavy atom. The van der Waals surface area contributed by atoms with Gasteiger partial charge < -0.3 is 22.0 Å². The summed E-state index contributed by atoms with van der Waals surface area (Å²) in [5, 5.41) is 18.4. The molecule has 5 atom stereocenters. The first-order valence-corrected chi connectivity index (χ1v) is 13.6. The van der Waals surface area contributed by atoms with Crippen LogP contribution in [0.2, 0.25) is 0 Å². The highest BCUT2D eigenvalue weighted by Gasteiger charge is 2.54. The second kappa shape index (κ2) is 9.81. The van der Waals surface area contributed by atoms with Crippen LogP contribution in [0.5, 0.6) is 0 Å². The molecule has 0 spiro atoms. The molecular weight excluding hydrogens is 488 g/mol. The Bertz CT molecular complexity index is 1590. The fourth-order valence-corrected chi connectivity index (χ4v) is 7.56. The minimum absolute atomic E-state index is 0. The van der Waals surface area contributed by atoms with E-state index in [1.165, 1.54) is 33.5 Å². The van der Waals surface area contributed by atoms with Gasteiger partial charge in [0.1, 0.15) is 18.7 Å². The Morgan fingerprint density at radius 2 is 1.58 bits per heavy atom. The Balaban J connectivity index is 0.00000264. The molecule has 5 aromatic rings. The summed E-state index contributed by atoms with van der Waals surface area (Å²) in [4.78, 5) is 4.57. The molecule has 3 fully saturated rings. The second-order valence-electron chi connectivity index (χ2n) is 11.2. The number of aliphatic hydroxyl groups is 1. The number of piperidine rings is 3. The van der Waals surface area contributed by atoms with Crippen molar-refractivity contribution in [1.82, 2.24) is 4.98 Å².